The number of nitrogens with one attached hydrogen (secondary N) is 1. The predicted molar refractivity (Wildman–Crippen MR) is 93.8 cm³/mol. The number of aliphatic hydroxyl groups is 1. The third kappa shape index (κ3) is 4.82. The summed E-state index contributed by atoms with van der Waals surface area (Å²) in [5.41, 5.74) is 1.05. The number of benzene rings is 1. The molecule has 134 valence electrons. The van der Waals surface area contributed by atoms with Crippen LogP contribution in [0.15, 0.2) is 46.4 Å². The minimum atomic E-state index is -0.585. The van der Waals surface area contributed by atoms with Gasteiger partial charge < -0.3 is 19.6 Å². The first-order chi connectivity index (χ1) is 12.6. The first kappa shape index (κ1) is 19.0. The summed E-state index contributed by atoms with van der Waals surface area (Å²) in [6, 6.07) is 11.8. The molecule has 26 heavy (non-hydrogen) atoms. The Labute approximate surface area is 150 Å². The number of ether oxygens (including phenoxy) is 1. The van der Waals surface area contributed by atoms with Crippen molar-refractivity contribution in [2.75, 3.05) is 19.8 Å². The first-order valence-electron chi connectivity index (χ1n) is 7.97. The van der Waals surface area contributed by atoms with Gasteiger partial charge in [0.15, 0.2) is 0 Å². The number of nitriles is 1. The fraction of sp³-hybridized carbons (Fsp3) is 0.211. The number of hydrogen-bond donors (Lipinski definition) is 2. The molecule has 2 N–H and O–H groups in total. The maximum absolute atomic E-state index is 11.8. The van der Waals surface area contributed by atoms with E-state index in [1.54, 1.807) is 49.4 Å². The molecule has 1 aromatic heterocycles. The summed E-state index contributed by atoms with van der Waals surface area (Å²) in [6.45, 7) is 1.90. The summed E-state index contributed by atoms with van der Waals surface area (Å²) in [7, 11) is 0. The zero-order valence-corrected chi connectivity index (χ0v) is 14.2. The van der Waals surface area contributed by atoms with Crippen LogP contribution in [0.1, 0.15) is 23.0 Å². The van der Waals surface area contributed by atoms with Crippen LogP contribution < -0.4 is 5.32 Å². The number of furan rings is 1. The summed E-state index contributed by atoms with van der Waals surface area (Å²) in [5.74, 6) is -0.113. The molecule has 0 saturated carbocycles. The largest absolute Gasteiger partial charge is 0.462 e. The second-order valence-electron chi connectivity index (χ2n) is 5.15. The monoisotopic (exact) mass is 354 g/mol. The van der Waals surface area contributed by atoms with Crippen LogP contribution in [0.5, 0.6) is 0 Å². The van der Waals surface area contributed by atoms with Crippen molar-refractivity contribution < 1.29 is 23.8 Å². The van der Waals surface area contributed by atoms with Gasteiger partial charge in [-0.25, -0.2) is 4.79 Å². The number of nitrogens with zero attached hydrogens (tertiary/aromatic N) is 1. The van der Waals surface area contributed by atoms with Crippen molar-refractivity contribution in [3.8, 4) is 17.4 Å². The van der Waals surface area contributed by atoms with Crippen LogP contribution in [0.2, 0.25) is 0 Å². The molecule has 0 radical (unpaired) electrons. The minimum absolute atomic E-state index is 0.0636. The van der Waals surface area contributed by atoms with E-state index in [0.29, 0.717) is 23.7 Å². The van der Waals surface area contributed by atoms with Crippen molar-refractivity contribution in [2.24, 2.45) is 0 Å². The highest BCUT2D eigenvalue weighted by atomic mass is 16.5. The van der Waals surface area contributed by atoms with Crippen molar-refractivity contribution in [3.63, 3.8) is 0 Å². The van der Waals surface area contributed by atoms with Gasteiger partial charge in [-0.1, -0.05) is 12.1 Å². The molecule has 1 heterocycles. The Morgan fingerprint density at radius 2 is 2.00 bits per heavy atom. The Morgan fingerprint density at radius 1 is 1.27 bits per heavy atom. The Hall–Kier alpha value is -3.37. The summed E-state index contributed by atoms with van der Waals surface area (Å²) in [5, 5.41) is 20.2. The standard InChI is InChI=1S/C19H18N2O5/c1-2-25-19(24)14-5-3-13(4-6-14)17-8-7-16(26-17)11-15(12-20)18(23)21-9-10-22/h3-8,11,22H,2,9-10H2,1H3,(H,21,23)/b15-11-. The summed E-state index contributed by atoms with van der Waals surface area (Å²) >= 11 is 0. The molecule has 2 aromatic rings. The van der Waals surface area contributed by atoms with Gasteiger partial charge in [0.25, 0.3) is 5.91 Å². The van der Waals surface area contributed by atoms with Gasteiger partial charge in [-0.05, 0) is 31.2 Å². The van der Waals surface area contributed by atoms with Crippen LogP contribution >= 0.6 is 0 Å². The van der Waals surface area contributed by atoms with E-state index >= 15 is 0 Å². The Balaban J connectivity index is 2.16. The molecule has 2 rings (SSSR count). The van der Waals surface area contributed by atoms with Crippen LogP contribution in [0, 0.1) is 11.3 Å². The van der Waals surface area contributed by atoms with Crippen molar-refractivity contribution in [2.45, 2.75) is 6.92 Å². The Kier molecular flexibility index (Phi) is 6.71. The summed E-state index contributed by atoms with van der Waals surface area (Å²) in [4.78, 5) is 23.4. The van der Waals surface area contributed by atoms with Crippen LogP contribution in [0.25, 0.3) is 17.4 Å². The number of rotatable bonds is 7. The van der Waals surface area contributed by atoms with Crippen LogP contribution in [-0.2, 0) is 9.53 Å². The third-order valence-corrected chi connectivity index (χ3v) is 3.36. The van der Waals surface area contributed by atoms with E-state index in [9.17, 15) is 9.59 Å². The second-order valence-corrected chi connectivity index (χ2v) is 5.15. The lowest BCUT2D eigenvalue weighted by Gasteiger charge is -2.02. The molecule has 0 fully saturated rings. The lowest BCUT2D eigenvalue weighted by atomic mass is 10.1. The van der Waals surface area contributed by atoms with E-state index in [4.69, 9.17) is 19.5 Å². The maximum Gasteiger partial charge on any atom is 0.338 e. The van der Waals surface area contributed by atoms with E-state index in [-0.39, 0.29) is 18.7 Å². The molecule has 7 heteroatoms. The molecule has 1 aromatic carbocycles. The molecule has 0 bridgehead atoms. The van der Waals surface area contributed by atoms with Gasteiger partial charge in [0.2, 0.25) is 0 Å². The highest BCUT2D eigenvalue weighted by Gasteiger charge is 2.11. The Morgan fingerprint density at radius 3 is 2.62 bits per heavy atom. The molecule has 0 saturated heterocycles. The first-order valence-corrected chi connectivity index (χ1v) is 7.97. The van der Waals surface area contributed by atoms with E-state index < -0.39 is 11.9 Å². The molecule has 0 aliphatic rings. The van der Waals surface area contributed by atoms with Gasteiger partial charge >= 0.3 is 5.97 Å². The Bertz CT molecular complexity index is 844. The van der Waals surface area contributed by atoms with E-state index in [0.717, 1.165) is 5.56 Å². The quantitative estimate of drug-likeness (QED) is 0.447. The molecular formula is C19H18N2O5. The molecule has 7 nitrogen and oxygen atoms in total. The SMILES string of the molecule is CCOC(=O)c1ccc(-c2ccc(/C=C(/C#N)C(=O)NCCO)o2)cc1. The molecule has 0 aliphatic carbocycles. The zero-order valence-electron chi connectivity index (χ0n) is 14.2. The van der Waals surface area contributed by atoms with E-state index in [1.807, 2.05) is 0 Å². The third-order valence-electron chi connectivity index (χ3n) is 3.36. The van der Waals surface area contributed by atoms with Crippen molar-refractivity contribution in [3.05, 3.63) is 53.3 Å². The van der Waals surface area contributed by atoms with Crippen molar-refractivity contribution in [1.29, 1.82) is 5.26 Å². The molecular weight excluding hydrogens is 336 g/mol. The van der Waals surface area contributed by atoms with E-state index in [1.165, 1.54) is 6.08 Å². The lowest BCUT2D eigenvalue weighted by molar-refractivity contribution is -0.117. The van der Waals surface area contributed by atoms with E-state index in [2.05, 4.69) is 5.32 Å². The summed E-state index contributed by atoms with van der Waals surface area (Å²) < 4.78 is 10.6. The number of aliphatic hydroxyl groups excluding tert-OH is 1. The number of esters is 1. The fourth-order valence-electron chi connectivity index (χ4n) is 2.13. The fourth-order valence-corrected chi connectivity index (χ4v) is 2.13. The van der Waals surface area contributed by atoms with Crippen molar-refractivity contribution in [1.82, 2.24) is 5.32 Å². The van der Waals surface area contributed by atoms with Gasteiger partial charge in [0, 0.05) is 18.2 Å². The average molecular weight is 354 g/mol. The summed E-state index contributed by atoms with van der Waals surface area (Å²) in [6.07, 6.45) is 1.32. The highest BCUT2D eigenvalue weighted by Crippen LogP contribution is 2.24. The molecule has 0 atom stereocenters. The molecule has 0 unspecified atom stereocenters. The van der Waals surface area contributed by atoms with Crippen LogP contribution in [0.3, 0.4) is 0 Å². The number of carbonyl (C=O) groups is 2. The zero-order chi connectivity index (χ0) is 18.9. The van der Waals surface area contributed by atoms with Crippen LogP contribution in [-0.4, -0.2) is 36.7 Å². The van der Waals surface area contributed by atoms with Crippen molar-refractivity contribution >= 4 is 18.0 Å². The average Bonchev–Trinajstić information content (AvgIpc) is 3.13. The second kappa shape index (κ2) is 9.20. The smallest absolute Gasteiger partial charge is 0.338 e. The van der Waals surface area contributed by atoms with Gasteiger partial charge in [-0.2, -0.15) is 5.26 Å². The van der Waals surface area contributed by atoms with Gasteiger partial charge in [0.1, 0.15) is 23.2 Å². The molecule has 0 aliphatic heterocycles. The molecule has 1 amide bonds. The number of amides is 1. The molecule has 0 spiro atoms. The van der Waals surface area contributed by atoms with Crippen LogP contribution in [0.4, 0.5) is 0 Å². The van der Waals surface area contributed by atoms with Gasteiger partial charge in [-0.3, -0.25) is 4.79 Å². The minimum Gasteiger partial charge on any atom is -0.462 e. The number of hydrogen-bond acceptors (Lipinski definition) is 6. The normalized spacial score (nSPS) is 10.9. The highest BCUT2D eigenvalue weighted by molar-refractivity contribution is 6.01. The van der Waals surface area contributed by atoms with Gasteiger partial charge in [-0.15, -0.1) is 0 Å². The predicted octanol–water partition coefficient (Wildman–Crippen LogP) is 2.14. The lowest BCUT2D eigenvalue weighted by Crippen LogP contribution is -2.27. The number of carbonyl (C=O) groups excluding carboxylic acids is 2. The topological polar surface area (TPSA) is 113 Å². The maximum atomic E-state index is 11.8. The van der Waals surface area contributed by atoms with Gasteiger partial charge in [0.05, 0.1) is 18.8 Å².